The maximum atomic E-state index is 12.5. The Morgan fingerprint density at radius 1 is 1.05 bits per heavy atom. The first-order valence-corrected chi connectivity index (χ1v) is 15.2. The molecule has 15 atom stereocenters. The van der Waals surface area contributed by atoms with E-state index in [9.17, 15) is 40.5 Å². The first-order chi connectivity index (χ1) is 19.8. The number of aliphatic hydroxyl groups excluding tert-OH is 5. The molecule has 5 fully saturated rings. The van der Waals surface area contributed by atoms with Crippen LogP contribution in [0.5, 0.6) is 0 Å². The maximum absolute atomic E-state index is 12.5. The minimum absolute atomic E-state index is 0.00674. The summed E-state index contributed by atoms with van der Waals surface area (Å²) in [7, 11) is 1.57. The first-order valence-electron chi connectivity index (χ1n) is 15.2. The Balaban J connectivity index is 1.30. The van der Waals surface area contributed by atoms with Crippen molar-refractivity contribution in [3.05, 3.63) is 11.6 Å². The summed E-state index contributed by atoms with van der Waals surface area (Å²) in [6.07, 6.45) is -5.24. The lowest BCUT2D eigenvalue weighted by Gasteiger charge is -2.69. The van der Waals surface area contributed by atoms with Gasteiger partial charge in [-0.15, -0.1) is 0 Å². The molecule has 2 aliphatic heterocycles. The van der Waals surface area contributed by atoms with Crippen LogP contribution >= 0.6 is 0 Å². The molecule has 7 N–H and O–H groups in total. The van der Waals surface area contributed by atoms with Gasteiger partial charge in [-0.05, 0) is 56.4 Å². The summed E-state index contributed by atoms with van der Waals surface area (Å²) in [5, 5.41) is 78.5. The number of esters is 1. The van der Waals surface area contributed by atoms with Crippen LogP contribution in [-0.2, 0) is 23.7 Å². The fourth-order valence-electron chi connectivity index (χ4n) is 10.3. The minimum atomic E-state index is -1.60. The number of hydrogen-bond acceptors (Lipinski definition) is 12. The average Bonchev–Trinajstić information content (AvgIpc) is 3.49. The molecular formula is C30H46O12. The number of hydrogen-bond donors (Lipinski definition) is 7. The standard InChI is InChI=1S/C30H46O12/c1-14-23(34)24(35)25(36)26(41-14)42-16-9-20(32)29(13-31)22-18(4-6-28(29,37)10-16)30(38)7-5-17(15-8-21(33)40-12-15)27(30,2)11-19(22)39-3/h8,14,16-20,22-26,31-32,34-38H,4-7,9-13H2,1-3H3/t14?,16-,17+,18+,19?,20+,22?,23?,24?,25?,26?,27+,28-,29+,30-/m0/s1. The first kappa shape index (κ1) is 30.8. The predicted molar refractivity (Wildman–Crippen MR) is 143 cm³/mol. The molecule has 6 aliphatic rings. The molecule has 0 aromatic rings. The van der Waals surface area contributed by atoms with Gasteiger partial charge in [0.15, 0.2) is 6.29 Å². The van der Waals surface area contributed by atoms with Gasteiger partial charge in [-0.3, -0.25) is 0 Å². The van der Waals surface area contributed by atoms with Crippen molar-refractivity contribution in [1.82, 2.24) is 0 Å². The van der Waals surface area contributed by atoms with Crippen molar-refractivity contribution in [2.24, 2.45) is 28.6 Å². The van der Waals surface area contributed by atoms with Crippen molar-refractivity contribution < 1.29 is 59.5 Å². The molecule has 42 heavy (non-hydrogen) atoms. The van der Waals surface area contributed by atoms with Gasteiger partial charge >= 0.3 is 5.97 Å². The maximum Gasteiger partial charge on any atom is 0.331 e. The molecule has 238 valence electrons. The molecule has 12 nitrogen and oxygen atoms in total. The Kier molecular flexibility index (Phi) is 7.66. The van der Waals surface area contributed by atoms with E-state index in [-0.39, 0.29) is 37.8 Å². The van der Waals surface area contributed by atoms with Gasteiger partial charge in [-0.1, -0.05) is 6.92 Å². The van der Waals surface area contributed by atoms with E-state index in [0.29, 0.717) is 25.7 Å². The minimum Gasteiger partial charge on any atom is -0.458 e. The lowest BCUT2D eigenvalue weighted by atomic mass is 9.40. The summed E-state index contributed by atoms with van der Waals surface area (Å²) < 4.78 is 22.9. The highest BCUT2D eigenvalue weighted by Crippen LogP contribution is 2.71. The van der Waals surface area contributed by atoms with Gasteiger partial charge < -0.3 is 54.7 Å². The number of fused-ring (bicyclic) bond motifs is 5. The van der Waals surface area contributed by atoms with E-state index in [1.807, 2.05) is 6.92 Å². The Hall–Kier alpha value is -1.19. The van der Waals surface area contributed by atoms with Crippen molar-refractivity contribution in [3.63, 3.8) is 0 Å². The average molecular weight is 599 g/mol. The fourth-order valence-corrected chi connectivity index (χ4v) is 10.3. The highest BCUT2D eigenvalue weighted by molar-refractivity contribution is 5.85. The number of cyclic esters (lactones) is 1. The molecule has 0 spiro atoms. The Bertz CT molecular complexity index is 1100. The van der Waals surface area contributed by atoms with Crippen LogP contribution in [0.4, 0.5) is 0 Å². The van der Waals surface area contributed by atoms with Gasteiger partial charge in [0.25, 0.3) is 0 Å². The SMILES string of the molecule is COC1C[C@]2(C)[C@@H](C3=CC(=O)OC3)CC[C@]2(O)[C@@H]2CC[C@]3(O)C[C@@H](OC4OC(C)C(O)C(O)C4O)C[C@@H](O)[C@]3(CO)C12. The Morgan fingerprint density at radius 3 is 2.43 bits per heavy atom. The largest absolute Gasteiger partial charge is 0.458 e. The molecule has 0 bridgehead atoms. The number of aliphatic hydroxyl groups is 7. The summed E-state index contributed by atoms with van der Waals surface area (Å²) in [5.74, 6) is -1.45. The third-order valence-electron chi connectivity index (χ3n) is 12.5. The molecule has 2 heterocycles. The van der Waals surface area contributed by atoms with E-state index in [2.05, 4.69) is 0 Å². The normalized spacial score (nSPS) is 55.8. The van der Waals surface area contributed by atoms with Gasteiger partial charge in [-0.25, -0.2) is 4.79 Å². The molecule has 0 aromatic heterocycles. The van der Waals surface area contributed by atoms with Gasteiger partial charge in [0.1, 0.15) is 24.9 Å². The van der Waals surface area contributed by atoms with Crippen molar-refractivity contribution in [1.29, 1.82) is 0 Å². The van der Waals surface area contributed by atoms with Crippen LogP contribution in [0, 0.1) is 28.6 Å². The van der Waals surface area contributed by atoms with Crippen molar-refractivity contribution in [2.75, 3.05) is 20.3 Å². The second-order valence-corrected chi connectivity index (χ2v) is 14.0. The van der Waals surface area contributed by atoms with E-state index in [0.717, 1.165) is 5.57 Å². The molecule has 4 aliphatic carbocycles. The third kappa shape index (κ3) is 4.07. The molecule has 12 heteroatoms. The summed E-state index contributed by atoms with van der Waals surface area (Å²) in [6.45, 7) is 3.25. The second kappa shape index (κ2) is 10.4. The molecule has 4 saturated carbocycles. The summed E-state index contributed by atoms with van der Waals surface area (Å²) in [6, 6.07) is 0. The molecule has 0 amide bonds. The second-order valence-electron chi connectivity index (χ2n) is 14.0. The molecule has 1 saturated heterocycles. The van der Waals surface area contributed by atoms with E-state index >= 15 is 0 Å². The van der Waals surface area contributed by atoms with Crippen molar-refractivity contribution >= 4 is 5.97 Å². The number of carbonyl (C=O) groups excluding carboxylic acids is 1. The zero-order chi connectivity index (χ0) is 30.4. The molecule has 0 aromatic carbocycles. The Morgan fingerprint density at radius 2 is 1.79 bits per heavy atom. The van der Waals surface area contributed by atoms with Gasteiger partial charge in [0, 0.05) is 37.4 Å². The predicted octanol–water partition coefficient (Wildman–Crippen LogP) is -0.861. The number of rotatable bonds is 5. The molecule has 6 rings (SSSR count). The fraction of sp³-hybridized carbons (Fsp3) is 0.900. The highest BCUT2D eigenvalue weighted by atomic mass is 16.7. The monoisotopic (exact) mass is 598 g/mol. The highest BCUT2D eigenvalue weighted by Gasteiger charge is 2.75. The van der Waals surface area contributed by atoms with Crippen LogP contribution in [0.1, 0.15) is 58.8 Å². The number of carbonyl (C=O) groups is 1. The van der Waals surface area contributed by atoms with Gasteiger partial charge in [0.2, 0.25) is 0 Å². The zero-order valence-corrected chi connectivity index (χ0v) is 24.5. The van der Waals surface area contributed by atoms with E-state index in [4.69, 9.17) is 18.9 Å². The lowest BCUT2D eigenvalue weighted by molar-refractivity contribution is -0.343. The van der Waals surface area contributed by atoms with Crippen LogP contribution < -0.4 is 0 Å². The summed E-state index contributed by atoms with van der Waals surface area (Å²) in [4.78, 5) is 11.9. The summed E-state index contributed by atoms with van der Waals surface area (Å²) in [5.41, 5.74) is -3.99. The number of ether oxygens (including phenoxy) is 4. The number of methoxy groups -OCH3 is 1. The molecule has 0 radical (unpaired) electrons. The van der Waals surface area contributed by atoms with Crippen LogP contribution in [0.15, 0.2) is 11.6 Å². The van der Waals surface area contributed by atoms with Crippen molar-refractivity contribution in [2.45, 2.75) is 119 Å². The Labute approximate surface area is 245 Å². The zero-order valence-electron chi connectivity index (χ0n) is 24.5. The van der Waals surface area contributed by atoms with E-state index in [1.54, 1.807) is 14.0 Å². The van der Waals surface area contributed by atoms with Crippen molar-refractivity contribution in [3.8, 4) is 0 Å². The van der Waals surface area contributed by atoms with Crippen LogP contribution in [0.3, 0.4) is 0 Å². The lowest BCUT2D eigenvalue weighted by Crippen LogP contribution is -2.76. The third-order valence-corrected chi connectivity index (χ3v) is 12.5. The van der Waals surface area contributed by atoms with Crippen LogP contribution in [0.25, 0.3) is 0 Å². The quantitative estimate of drug-likeness (QED) is 0.153. The summed E-state index contributed by atoms with van der Waals surface area (Å²) >= 11 is 0. The van der Waals surface area contributed by atoms with Gasteiger partial charge in [0.05, 0.1) is 47.6 Å². The smallest absolute Gasteiger partial charge is 0.331 e. The van der Waals surface area contributed by atoms with E-state index < -0.39 is 89.5 Å². The van der Waals surface area contributed by atoms with E-state index in [1.165, 1.54) is 6.08 Å². The molecule has 7 unspecified atom stereocenters. The van der Waals surface area contributed by atoms with Crippen LogP contribution in [-0.4, -0.2) is 122 Å². The molecular weight excluding hydrogens is 552 g/mol. The van der Waals surface area contributed by atoms with Gasteiger partial charge in [-0.2, -0.15) is 0 Å². The van der Waals surface area contributed by atoms with Crippen LogP contribution in [0.2, 0.25) is 0 Å². The topological polar surface area (TPSA) is 196 Å².